The fourth-order valence-electron chi connectivity index (χ4n) is 3.74. The maximum atomic E-state index is 14.4. The summed E-state index contributed by atoms with van der Waals surface area (Å²) in [5.74, 6) is -4.24. The summed E-state index contributed by atoms with van der Waals surface area (Å²) in [4.78, 5) is 24.8. The van der Waals surface area contributed by atoms with E-state index in [4.69, 9.17) is 11.6 Å². The van der Waals surface area contributed by atoms with Crippen molar-refractivity contribution < 1.29 is 26.8 Å². The van der Waals surface area contributed by atoms with Crippen LogP contribution in [0, 0.1) is 0 Å². The van der Waals surface area contributed by atoms with Gasteiger partial charge in [0.1, 0.15) is 6.04 Å². The van der Waals surface area contributed by atoms with Crippen molar-refractivity contribution >= 4 is 33.4 Å². The van der Waals surface area contributed by atoms with Gasteiger partial charge in [-0.15, -0.1) is 0 Å². The largest absolute Gasteiger partial charge is 0.354 e. The molecular weight excluding hydrogens is 488 g/mol. The van der Waals surface area contributed by atoms with Crippen LogP contribution in [0.5, 0.6) is 0 Å². The average molecular weight is 512 g/mol. The Hall–Kier alpha value is -2.56. The van der Waals surface area contributed by atoms with Gasteiger partial charge in [0, 0.05) is 42.6 Å². The van der Waals surface area contributed by atoms with Crippen LogP contribution in [0.3, 0.4) is 0 Å². The third kappa shape index (κ3) is 5.73. The van der Waals surface area contributed by atoms with E-state index in [0.29, 0.717) is 16.1 Å². The van der Waals surface area contributed by atoms with E-state index >= 15 is 0 Å². The average Bonchev–Trinajstić information content (AvgIpc) is 3.61. The monoisotopic (exact) mass is 511 g/mol. The molecule has 0 aromatic heterocycles. The maximum absolute atomic E-state index is 14.4. The molecule has 2 aromatic rings. The summed E-state index contributed by atoms with van der Waals surface area (Å²) in [5, 5.41) is 5.57. The molecule has 1 heterocycles. The molecule has 0 spiro atoms. The lowest BCUT2D eigenvalue weighted by molar-refractivity contribution is -0.126. The van der Waals surface area contributed by atoms with E-state index in [0.717, 1.165) is 17.1 Å². The molecule has 7 nitrogen and oxygen atoms in total. The zero-order valence-corrected chi connectivity index (χ0v) is 19.7. The maximum Gasteiger partial charge on any atom is 0.251 e. The number of alkyl halides is 2. The standard InChI is InChI=1S/C23H24ClF2N3O4S/c24-17-5-9-19(10-6-17)34(32,33)29(20-13-23(25,26)11-12-27-22(20)31)14-15-1-3-16(4-2-15)21(30)28-18-7-8-18/h1-6,9-10,18,20H,7-8,11-14H2,(H,27,31)(H,28,30)/t20-/m1/s1. The lowest BCUT2D eigenvalue weighted by Crippen LogP contribution is -2.49. The van der Waals surface area contributed by atoms with Crippen molar-refractivity contribution in [3.8, 4) is 0 Å². The third-order valence-corrected chi connectivity index (χ3v) is 7.94. The zero-order valence-electron chi connectivity index (χ0n) is 18.1. The quantitative estimate of drug-likeness (QED) is 0.596. The Morgan fingerprint density at radius 3 is 2.38 bits per heavy atom. The number of nitrogens with zero attached hydrogens (tertiary/aromatic N) is 1. The third-order valence-electron chi connectivity index (χ3n) is 5.82. The molecule has 1 atom stereocenters. The Kier molecular flexibility index (Phi) is 6.93. The highest BCUT2D eigenvalue weighted by molar-refractivity contribution is 7.89. The number of rotatable bonds is 7. The minimum atomic E-state index is -4.35. The molecule has 2 N–H and O–H groups in total. The number of benzene rings is 2. The van der Waals surface area contributed by atoms with Gasteiger partial charge in [-0.2, -0.15) is 4.31 Å². The van der Waals surface area contributed by atoms with E-state index < -0.39 is 40.7 Å². The summed E-state index contributed by atoms with van der Waals surface area (Å²) in [7, 11) is -4.35. The van der Waals surface area contributed by atoms with Gasteiger partial charge in [-0.25, -0.2) is 17.2 Å². The highest BCUT2D eigenvalue weighted by atomic mass is 35.5. The highest BCUT2D eigenvalue weighted by Gasteiger charge is 2.45. The number of sulfonamides is 1. The van der Waals surface area contributed by atoms with E-state index in [9.17, 15) is 26.8 Å². The number of amides is 2. The molecule has 182 valence electrons. The molecule has 4 rings (SSSR count). The minimum Gasteiger partial charge on any atom is -0.354 e. The van der Waals surface area contributed by atoms with Crippen LogP contribution in [-0.4, -0.2) is 49.1 Å². The molecule has 2 fully saturated rings. The summed E-state index contributed by atoms with van der Waals surface area (Å²) in [6.45, 7) is -0.578. The fourth-order valence-corrected chi connectivity index (χ4v) is 5.44. The van der Waals surface area contributed by atoms with E-state index in [1.165, 1.54) is 24.3 Å². The topological polar surface area (TPSA) is 95.6 Å². The summed E-state index contributed by atoms with van der Waals surface area (Å²) >= 11 is 5.87. The molecule has 1 saturated carbocycles. The molecule has 11 heteroatoms. The number of halogens is 3. The Labute approximate surface area is 201 Å². The lowest BCUT2D eigenvalue weighted by Gasteiger charge is -2.30. The summed E-state index contributed by atoms with van der Waals surface area (Å²) < 4.78 is 56.6. The summed E-state index contributed by atoms with van der Waals surface area (Å²) in [5.41, 5.74) is 0.849. The van der Waals surface area contributed by atoms with Crippen LogP contribution in [-0.2, 0) is 21.4 Å². The molecule has 0 bridgehead atoms. The Morgan fingerprint density at radius 1 is 1.12 bits per heavy atom. The predicted octanol–water partition coefficient (Wildman–Crippen LogP) is 3.34. The summed E-state index contributed by atoms with van der Waals surface area (Å²) in [6, 6.07) is 10.1. The van der Waals surface area contributed by atoms with Crippen molar-refractivity contribution in [1.82, 2.24) is 14.9 Å². The Bertz CT molecular complexity index is 1170. The molecular formula is C23H24ClF2N3O4S. The number of carbonyl (C=O) groups excluding carboxylic acids is 2. The summed E-state index contributed by atoms with van der Waals surface area (Å²) in [6.07, 6.45) is 0.368. The Balaban J connectivity index is 1.66. The lowest BCUT2D eigenvalue weighted by atomic mass is 10.1. The molecule has 2 amide bonds. The van der Waals surface area contributed by atoms with Crippen LogP contribution in [0.2, 0.25) is 5.02 Å². The highest BCUT2D eigenvalue weighted by Crippen LogP contribution is 2.32. The van der Waals surface area contributed by atoms with Crippen molar-refractivity contribution in [3.05, 3.63) is 64.7 Å². The molecule has 34 heavy (non-hydrogen) atoms. The number of hydrogen-bond acceptors (Lipinski definition) is 4. The zero-order chi connectivity index (χ0) is 24.5. The first-order valence-corrected chi connectivity index (χ1v) is 12.7. The van der Waals surface area contributed by atoms with Gasteiger partial charge in [-0.05, 0) is 54.8 Å². The van der Waals surface area contributed by atoms with Crippen LogP contribution in [0.25, 0.3) is 0 Å². The van der Waals surface area contributed by atoms with Gasteiger partial charge in [0.05, 0.1) is 4.90 Å². The fraction of sp³-hybridized carbons (Fsp3) is 0.391. The normalized spacial score (nSPS) is 20.5. The van der Waals surface area contributed by atoms with Crippen LogP contribution in [0.15, 0.2) is 53.4 Å². The predicted molar refractivity (Wildman–Crippen MR) is 122 cm³/mol. The van der Waals surface area contributed by atoms with Gasteiger partial charge in [-0.1, -0.05) is 23.7 Å². The molecule has 0 radical (unpaired) electrons. The number of carbonyl (C=O) groups is 2. The first kappa shape index (κ1) is 24.6. The second kappa shape index (κ2) is 9.59. The molecule has 2 aliphatic rings. The van der Waals surface area contributed by atoms with Crippen LogP contribution >= 0.6 is 11.6 Å². The van der Waals surface area contributed by atoms with E-state index in [1.54, 1.807) is 24.3 Å². The molecule has 0 unspecified atom stereocenters. The first-order valence-electron chi connectivity index (χ1n) is 10.9. The van der Waals surface area contributed by atoms with E-state index in [-0.39, 0.29) is 29.9 Å². The van der Waals surface area contributed by atoms with Crippen molar-refractivity contribution in [2.75, 3.05) is 6.54 Å². The van der Waals surface area contributed by atoms with Crippen molar-refractivity contribution in [2.45, 2.75) is 55.1 Å². The van der Waals surface area contributed by atoms with Crippen molar-refractivity contribution in [3.63, 3.8) is 0 Å². The second-order valence-electron chi connectivity index (χ2n) is 8.57. The van der Waals surface area contributed by atoms with Crippen molar-refractivity contribution in [2.24, 2.45) is 0 Å². The van der Waals surface area contributed by atoms with Gasteiger partial charge in [0.25, 0.3) is 11.8 Å². The number of nitrogens with one attached hydrogen (secondary N) is 2. The van der Waals surface area contributed by atoms with Crippen LogP contribution < -0.4 is 10.6 Å². The molecule has 1 aliphatic carbocycles. The molecule has 2 aromatic carbocycles. The SMILES string of the molecule is O=C(NC1CC1)c1ccc(CN([C@@H]2CC(F)(F)CCNC2=O)S(=O)(=O)c2ccc(Cl)cc2)cc1. The van der Waals surface area contributed by atoms with Crippen molar-refractivity contribution in [1.29, 1.82) is 0 Å². The molecule has 1 aliphatic heterocycles. The smallest absolute Gasteiger partial charge is 0.251 e. The second-order valence-corrected chi connectivity index (χ2v) is 10.9. The van der Waals surface area contributed by atoms with Crippen LogP contribution in [0.1, 0.15) is 41.6 Å². The van der Waals surface area contributed by atoms with E-state index in [2.05, 4.69) is 10.6 Å². The van der Waals surface area contributed by atoms with Crippen LogP contribution in [0.4, 0.5) is 8.78 Å². The first-order chi connectivity index (χ1) is 16.0. The van der Waals surface area contributed by atoms with Gasteiger partial charge in [0.2, 0.25) is 15.9 Å². The van der Waals surface area contributed by atoms with Gasteiger partial charge in [-0.3, -0.25) is 9.59 Å². The Morgan fingerprint density at radius 2 is 1.76 bits per heavy atom. The minimum absolute atomic E-state index is 0.169. The van der Waals surface area contributed by atoms with Gasteiger partial charge in [0.15, 0.2) is 0 Å². The van der Waals surface area contributed by atoms with Gasteiger partial charge >= 0.3 is 0 Å². The van der Waals surface area contributed by atoms with E-state index in [1.807, 2.05) is 0 Å². The number of hydrogen-bond donors (Lipinski definition) is 2. The van der Waals surface area contributed by atoms with Gasteiger partial charge < -0.3 is 10.6 Å². The molecule has 1 saturated heterocycles.